The fourth-order valence-corrected chi connectivity index (χ4v) is 2.52. The minimum Gasteiger partial charge on any atom is -0.480 e. The summed E-state index contributed by atoms with van der Waals surface area (Å²) in [7, 11) is 0. The fraction of sp³-hybridized carbons (Fsp3) is 0.786. The minimum atomic E-state index is -1.00. The van der Waals surface area contributed by atoms with E-state index in [1.165, 1.54) is 11.8 Å². The van der Waals surface area contributed by atoms with Crippen molar-refractivity contribution in [1.82, 2.24) is 9.80 Å². The number of rotatable bonds is 5. The molecule has 2 amide bonds. The van der Waals surface area contributed by atoms with Crippen LogP contribution < -0.4 is 0 Å². The van der Waals surface area contributed by atoms with Crippen molar-refractivity contribution >= 4 is 17.8 Å². The first-order valence-corrected chi connectivity index (χ1v) is 7.14. The lowest BCUT2D eigenvalue weighted by Crippen LogP contribution is -2.50. The fourth-order valence-electron chi connectivity index (χ4n) is 2.52. The molecule has 1 aliphatic rings. The molecule has 0 spiro atoms. The zero-order chi connectivity index (χ0) is 15.3. The summed E-state index contributed by atoms with van der Waals surface area (Å²) >= 11 is 0. The van der Waals surface area contributed by atoms with Crippen molar-refractivity contribution < 1.29 is 19.5 Å². The van der Waals surface area contributed by atoms with Crippen LogP contribution in [-0.2, 0) is 14.4 Å². The first-order valence-electron chi connectivity index (χ1n) is 7.14. The largest absolute Gasteiger partial charge is 0.480 e. The number of carboxylic acids is 1. The van der Waals surface area contributed by atoms with Gasteiger partial charge in [-0.3, -0.25) is 14.4 Å². The van der Waals surface area contributed by atoms with E-state index in [4.69, 9.17) is 5.11 Å². The Labute approximate surface area is 119 Å². The average Bonchev–Trinajstić information content (AvgIpc) is 2.43. The quantitative estimate of drug-likeness (QED) is 0.815. The van der Waals surface area contributed by atoms with Crippen LogP contribution in [0.15, 0.2) is 0 Å². The van der Waals surface area contributed by atoms with Gasteiger partial charge in [-0.15, -0.1) is 0 Å². The number of hydrogen-bond donors (Lipinski definition) is 1. The Balaban J connectivity index is 2.77. The maximum Gasteiger partial charge on any atom is 0.323 e. The molecule has 1 heterocycles. The van der Waals surface area contributed by atoms with E-state index in [2.05, 4.69) is 0 Å². The summed E-state index contributed by atoms with van der Waals surface area (Å²) in [6.07, 6.45) is 2.22. The molecule has 0 aromatic carbocycles. The number of amides is 2. The minimum absolute atomic E-state index is 0.0316. The zero-order valence-electron chi connectivity index (χ0n) is 12.5. The smallest absolute Gasteiger partial charge is 0.323 e. The van der Waals surface area contributed by atoms with E-state index in [1.807, 2.05) is 13.8 Å². The van der Waals surface area contributed by atoms with Crippen LogP contribution in [0.25, 0.3) is 0 Å². The van der Waals surface area contributed by atoms with Crippen molar-refractivity contribution in [3.8, 4) is 0 Å². The van der Waals surface area contributed by atoms with E-state index in [9.17, 15) is 14.4 Å². The second kappa shape index (κ2) is 7.26. The van der Waals surface area contributed by atoms with Gasteiger partial charge in [0.05, 0.1) is 5.92 Å². The average molecular weight is 284 g/mol. The summed E-state index contributed by atoms with van der Waals surface area (Å²) in [6, 6.07) is -0.105. The highest BCUT2D eigenvalue weighted by molar-refractivity contribution is 5.84. The van der Waals surface area contributed by atoms with Gasteiger partial charge < -0.3 is 14.9 Å². The van der Waals surface area contributed by atoms with Crippen molar-refractivity contribution in [2.45, 2.75) is 46.1 Å². The molecule has 1 N–H and O–H groups in total. The third kappa shape index (κ3) is 4.21. The molecule has 0 radical (unpaired) electrons. The Morgan fingerprint density at radius 1 is 1.40 bits per heavy atom. The molecule has 6 nitrogen and oxygen atoms in total. The first kappa shape index (κ1) is 16.5. The predicted molar refractivity (Wildman–Crippen MR) is 74.1 cm³/mol. The molecule has 0 aliphatic carbocycles. The number of carboxylic acid groups (broad SMARTS) is 1. The van der Waals surface area contributed by atoms with Crippen LogP contribution in [0, 0.1) is 5.92 Å². The highest BCUT2D eigenvalue weighted by atomic mass is 16.4. The normalized spacial score (nSPS) is 20.4. The van der Waals surface area contributed by atoms with E-state index in [-0.39, 0.29) is 30.3 Å². The maximum absolute atomic E-state index is 12.5. The van der Waals surface area contributed by atoms with Crippen molar-refractivity contribution in [3.63, 3.8) is 0 Å². The summed E-state index contributed by atoms with van der Waals surface area (Å²) in [4.78, 5) is 38.0. The summed E-state index contributed by atoms with van der Waals surface area (Å²) < 4.78 is 0. The van der Waals surface area contributed by atoms with Gasteiger partial charge in [0, 0.05) is 26.1 Å². The topological polar surface area (TPSA) is 77.9 Å². The SMILES string of the molecule is CCC(C)N(CC(=O)O)C(=O)C1CCCN(C(C)=O)C1. The van der Waals surface area contributed by atoms with Gasteiger partial charge in [0.2, 0.25) is 11.8 Å². The number of carbonyl (C=O) groups is 3. The van der Waals surface area contributed by atoms with Crippen LogP contribution in [0.5, 0.6) is 0 Å². The molecule has 1 saturated heterocycles. The molecule has 1 rings (SSSR count). The van der Waals surface area contributed by atoms with Crippen LogP contribution in [0.4, 0.5) is 0 Å². The monoisotopic (exact) mass is 284 g/mol. The summed E-state index contributed by atoms with van der Waals surface area (Å²) in [5.74, 6) is -1.46. The number of hydrogen-bond acceptors (Lipinski definition) is 3. The van der Waals surface area contributed by atoms with Crippen molar-refractivity contribution in [2.24, 2.45) is 5.92 Å². The number of likely N-dealkylation sites (tertiary alicyclic amines) is 1. The Bertz CT molecular complexity index is 383. The number of nitrogens with zero attached hydrogens (tertiary/aromatic N) is 2. The lowest BCUT2D eigenvalue weighted by molar-refractivity contribution is -0.150. The van der Waals surface area contributed by atoms with Gasteiger partial charge in [0.15, 0.2) is 0 Å². The highest BCUT2D eigenvalue weighted by Gasteiger charge is 2.32. The second-order valence-corrected chi connectivity index (χ2v) is 5.42. The molecule has 2 atom stereocenters. The number of piperidine rings is 1. The third-order valence-electron chi connectivity index (χ3n) is 3.93. The van der Waals surface area contributed by atoms with Crippen LogP contribution >= 0.6 is 0 Å². The molecule has 0 aromatic heterocycles. The van der Waals surface area contributed by atoms with Crippen molar-refractivity contribution in [2.75, 3.05) is 19.6 Å². The third-order valence-corrected chi connectivity index (χ3v) is 3.93. The van der Waals surface area contributed by atoms with Gasteiger partial charge >= 0.3 is 5.97 Å². The van der Waals surface area contributed by atoms with Gasteiger partial charge in [-0.1, -0.05) is 6.92 Å². The van der Waals surface area contributed by atoms with Gasteiger partial charge in [0.1, 0.15) is 6.54 Å². The zero-order valence-corrected chi connectivity index (χ0v) is 12.5. The lowest BCUT2D eigenvalue weighted by atomic mass is 9.95. The van der Waals surface area contributed by atoms with Gasteiger partial charge in [-0.2, -0.15) is 0 Å². The van der Waals surface area contributed by atoms with E-state index < -0.39 is 5.97 Å². The Hall–Kier alpha value is -1.59. The molecule has 2 unspecified atom stereocenters. The van der Waals surface area contributed by atoms with Crippen LogP contribution in [0.2, 0.25) is 0 Å². The molecule has 1 aliphatic heterocycles. The predicted octanol–water partition coefficient (Wildman–Crippen LogP) is 0.957. The van der Waals surface area contributed by atoms with E-state index in [1.54, 1.807) is 4.90 Å². The number of aliphatic carboxylic acids is 1. The molecule has 114 valence electrons. The molecule has 20 heavy (non-hydrogen) atoms. The molecule has 6 heteroatoms. The second-order valence-electron chi connectivity index (χ2n) is 5.42. The van der Waals surface area contributed by atoms with E-state index in [0.29, 0.717) is 19.5 Å². The summed E-state index contributed by atoms with van der Waals surface area (Å²) in [5, 5.41) is 8.96. The number of carbonyl (C=O) groups excluding carboxylic acids is 2. The Morgan fingerprint density at radius 2 is 2.05 bits per heavy atom. The van der Waals surface area contributed by atoms with Gasteiger partial charge in [0.25, 0.3) is 0 Å². The molecular formula is C14H24N2O4. The molecule has 0 saturated carbocycles. The first-order chi connectivity index (χ1) is 9.36. The van der Waals surface area contributed by atoms with Crippen LogP contribution in [0.1, 0.15) is 40.0 Å². The van der Waals surface area contributed by atoms with Crippen molar-refractivity contribution in [1.29, 1.82) is 0 Å². The van der Waals surface area contributed by atoms with Crippen LogP contribution in [-0.4, -0.2) is 58.4 Å². The molecular weight excluding hydrogens is 260 g/mol. The Kier molecular flexibility index (Phi) is 5.98. The van der Waals surface area contributed by atoms with Crippen molar-refractivity contribution in [3.05, 3.63) is 0 Å². The molecule has 0 aromatic rings. The van der Waals surface area contributed by atoms with E-state index in [0.717, 1.165) is 12.8 Å². The molecule has 1 fully saturated rings. The molecule has 0 bridgehead atoms. The van der Waals surface area contributed by atoms with Gasteiger partial charge in [-0.25, -0.2) is 0 Å². The summed E-state index contributed by atoms with van der Waals surface area (Å²) in [6.45, 7) is 6.09. The lowest BCUT2D eigenvalue weighted by Gasteiger charge is -2.36. The summed E-state index contributed by atoms with van der Waals surface area (Å²) in [5.41, 5.74) is 0. The van der Waals surface area contributed by atoms with E-state index >= 15 is 0 Å². The van der Waals surface area contributed by atoms with Gasteiger partial charge in [-0.05, 0) is 26.2 Å². The van der Waals surface area contributed by atoms with Crippen LogP contribution in [0.3, 0.4) is 0 Å². The standard InChI is InChI=1S/C14H24N2O4/c1-4-10(2)16(9-13(18)19)14(20)12-6-5-7-15(8-12)11(3)17/h10,12H,4-9H2,1-3H3,(H,18,19). The maximum atomic E-state index is 12.5. The Morgan fingerprint density at radius 3 is 2.55 bits per heavy atom. The highest BCUT2D eigenvalue weighted by Crippen LogP contribution is 2.20.